The van der Waals surface area contributed by atoms with Gasteiger partial charge in [-0.05, 0) is 23.7 Å². The first kappa shape index (κ1) is 14.4. The van der Waals surface area contributed by atoms with Gasteiger partial charge in [0.05, 0.1) is 6.54 Å². The molecule has 104 valence electrons. The Morgan fingerprint density at radius 2 is 2.00 bits per heavy atom. The third-order valence-corrected chi connectivity index (χ3v) is 3.38. The highest BCUT2D eigenvalue weighted by molar-refractivity contribution is 7.17. The Morgan fingerprint density at radius 1 is 1.30 bits per heavy atom. The van der Waals surface area contributed by atoms with Crippen molar-refractivity contribution < 1.29 is 9.59 Å². The molecule has 1 heterocycles. The van der Waals surface area contributed by atoms with E-state index in [1.807, 2.05) is 18.2 Å². The molecule has 0 spiro atoms. The number of halogens is 1. The molecule has 0 fully saturated rings. The Bertz CT molecular complexity index is 617. The molecule has 0 aliphatic heterocycles. The van der Waals surface area contributed by atoms with E-state index in [0.29, 0.717) is 5.69 Å². The quantitative estimate of drug-likeness (QED) is 0.936. The van der Waals surface area contributed by atoms with Crippen LogP contribution in [0.15, 0.2) is 30.3 Å². The lowest BCUT2D eigenvalue weighted by Gasteiger charge is -2.14. The van der Waals surface area contributed by atoms with Crippen LogP contribution in [0.2, 0.25) is 4.47 Å². The fourth-order valence-electron chi connectivity index (χ4n) is 1.46. The molecule has 0 atom stereocenters. The van der Waals surface area contributed by atoms with E-state index in [1.54, 1.807) is 12.1 Å². The number of rotatable bonds is 4. The van der Waals surface area contributed by atoms with Crippen molar-refractivity contribution in [1.82, 2.24) is 15.1 Å². The largest absolute Gasteiger partial charge is 0.330 e. The zero-order valence-electron chi connectivity index (χ0n) is 10.5. The molecule has 0 radical (unpaired) electrons. The van der Waals surface area contributed by atoms with Crippen LogP contribution < -0.4 is 5.32 Å². The molecule has 1 aromatic carbocycles. The summed E-state index contributed by atoms with van der Waals surface area (Å²) in [6.45, 7) is -0.0784. The molecular weight excluding hydrogens is 300 g/mol. The van der Waals surface area contributed by atoms with Crippen LogP contribution in [0.4, 0.5) is 5.69 Å². The van der Waals surface area contributed by atoms with E-state index < -0.39 is 5.91 Å². The van der Waals surface area contributed by atoms with Gasteiger partial charge in [-0.25, -0.2) is 0 Å². The molecule has 0 unspecified atom stereocenters. The third kappa shape index (κ3) is 3.75. The number of hydrogen-bond donors (Lipinski definition) is 1. The van der Waals surface area contributed by atoms with Crippen molar-refractivity contribution in [1.29, 1.82) is 0 Å². The highest BCUT2D eigenvalue weighted by atomic mass is 35.5. The highest BCUT2D eigenvalue weighted by Gasteiger charge is 2.19. The summed E-state index contributed by atoms with van der Waals surface area (Å²) in [4.78, 5) is 25.0. The van der Waals surface area contributed by atoms with Gasteiger partial charge in [0.25, 0.3) is 5.91 Å². The van der Waals surface area contributed by atoms with E-state index in [4.69, 9.17) is 11.6 Å². The first-order valence-electron chi connectivity index (χ1n) is 5.65. The molecule has 2 rings (SSSR count). The Morgan fingerprint density at radius 3 is 2.60 bits per heavy atom. The highest BCUT2D eigenvalue weighted by Crippen LogP contribution is 2.16. The topological polar surface area (TPSA) is 75.2 Å². The van der Waals surface area contributed by atoms with Crippen molar-refractivity contribution in [3.63, 3.8) is 0 Å². The van der Waals surface area contributed by atoms with Gasteiger partial charge >= 0.3 is 0 Å². The van der Waals surface area contributed by atoms with Crippen LogP contribution in [-0.4, -0.2) is 40.5 Å². The van der Waals surface area contributed by atoms with Crippen LogP contribution in [0, 0.1) is 0 Å². The second kappa shape index (κ2) is 6.44. The van der Waals surface area contributed by atoms with Crippen LogP contribution >= 0.6 is 22.9 Å². The van der Waals surface area contributed by atoms with E-state index in [1.165, 1.54) is 11.9 Å². The smallest absolute Gasteiger partial charge is 0.285 e. The fourth-order valence-corrected chi connectivity index (χ4v) is 2.29. The maximum atomic E-state index is 11.9. The molecule has 0 saturated carbocycles. The number of carbonyl (C=O) groups is 2. The summed E-state index contributed by atoms with van der Waals surface area (Å²) in [5.74, 6) is -0.680. The Balaban J connectivity index is 1.92. The number of carbonyl (C=O) groups excluding carboxylic acids is 2. The minimum Gasteiger partial charge on any atom is -0.330 e. The van der Waals surface area contributed by atoms with Crippen LogP contribution in [0.3, 0.4) is 0 Å². The lowest BCUT2D eigenvalue weighted by atomic mass is 10.3. The van der Waals surface area contributed by atoms with Crippen molar-refractivity contribution in [2.24, 2.45) is 0 Å². The Labute approximate surface area is 124 Å². The van der Waals surface area contributed by atoms with Gasteiger partial charge in [0.1, 0.15) is 0 Å². The molecule has 2 amide bonds. The van der Waals surface area contributed by atoms with Gasteiger partial charge in [0.15, 0.2) is 0 Å². The van der Waals surface area contributed by atoms with E-state index >= 15 is 0 Å². The van der Waals surface area contributed by atoms with Crippen LogP contribution in [0.1, 0.15) is 9.80 Å². The number of hydrogen-bond acceptors (Lipinski definition) is 5. The number of amides is 2. The molecule has 1 aromatic heterocycles. The number of aromatic nitrogens is 2. The summed E-state index contributed by atoms with van der Waals surface area (Å²) in [5, 5.41) is 10.0. The van der Waals surface area contributed by atoms with Gasteiger partial charge in [-0.15, -0.1) is 10.2 Å². The first-order chi connectivity index (χ1) is 9.56. The summed E-state index contributed by atoms with van der Waals surface area (Å²) in [6, 6.07) is 9.01. The summed E-state index contributed by atoms with van der Waals surface area (Å²) in [7, 11) is 1.52. The van der Waals surface area contributed by atoms with Crippen molar-refractivity contribution in [2.75, 3.05) is 18.9 Å². The first-order valence-corrected chi connectivity index (χ1v) is 6.85. The molecule has 2 aromatic rings. The molecule has 0 saturated heterocycles. The average molecular weight is 311 g/mol. The zero-order chi connectivity index (χ0) is 14.5. The molecule has 8 heteroatoms. The van der Waals surface area contributed by atoms with Crippen molar-refractivity contribution in [2.45, 2.75) is 0 Å². The standard InChI is InChI=1S/C12H11ClN4O2S/c1-17(11(19)10-15-16-12(13)20-10)7-9(18)14-8-5-3-2-4-6-8/h2-6H,7H2,1H3,(H,14,18). The van der Waals surface area contributed by atoms with Crippen LogP contribution in [0.25, 0.3) is 0 Å². The van der Waals surface area contributed by atoms with Crippen LogP contribution in [-0.2, 0) is 4.79 Å². The Kier molecular flexibility index (Phi) is 4.65. The number of anilines is 1. The third-order valence-electron chi connectivity index (χ3n) is 2.37. The average Bonchev–Trinajstić information content (AvgIpc) is 2.85. The monoisotopic (exact) mass is 310 g/mol. The summed E-state index contributed by atoms with van der Waals surface area (Å²) >= 11 is 6.59. The van der Waals surface area contributed by atoms with Crippen LogP contribution in [0.5, 0.6) is 0 Å². The lowest BCUT2D eigenvalue weighted by Crippen LogP contribution is -2.34. The SMILES string of the molecule is CN(CC(=O)Nc1ccccc1)C(=O)c1nnc(Cl)s1. The van der Waals surface area contributed by atoms with E-state index in [-0.39, 0.29) is 21.9 Å². The van der Waals surface area contributed by atoms with E-state index in [2.05, 4.69) is 15.5 Å². The lowest BCUT2D eigenvalue weighted by molar-refractivity contribution is -0.116. The molecule has 6 nitrogen and oxygen atoms in total. The molecule has 0 aliphatic carbocycles. The molecule has 0 aliphatic rings. The molecular formula is C12H11ClN4O2S. The number of para-hydroxylation sites is 1. The van der Waals surface area contributed by atoms with Gasteiger partial charge < -0.3 is 10.2 Å². The summed E-state index contributed by atoms with van der Waals surface area (Å²) in [5.41, 5.74) is 0.678. The molecule has 20 heavy (non-hydrogen) atoms. The van der Waals surface area contributed by atoms with Gasteiger partial charge in [-0.2, -0.15) is 0 Å². The predicted molar refractivity (Wildman–Crippen MR) is 77.0 cm³/mol. The molecule has 1 N–H and O–H groups in total. The Hall–Kier alpha value is -1.99. The van der Waals surface area contributed by atoms with Crippen molar-refractivity contribution in [3.8, 4) is 0 Å². The van der Waals surface area contributed by atoms with Crippen molar-refractivity contribution in [3.05, 3.63) is 39.8 Å². The van der Waals surface area contributed by atoms with E-state index in [9.17, 15) is 9.59 Å². The predicted octanol–water partition coefficient (Wildman–Crippen LogP) is 1.90. The summed E-state index contributed by atoms with van der Waals surface area (Å²) in [6.07, 6.45) is 0. The van der Waals surface area contributed by atoms with Crippen molar-refractivity contribution >= 4 is 40.4 Å². The van der Waals surface area contributed by atoms with Gasteiger partial charge in [0.2, 0.25) is 15.4 Å². The van der Waals surface area contributed by atoms with Gasteiger partial charge in [0, 0.05) is 12.7 Å². The van der Waals surface area contributed by atoms with Gasteiger partial charge in [-0.3, -0.25) is 9.59 Å². The molecule has 0 bridgehead atoms. The second-order valence-corrected chi connectivity index (χ2v) is 5.50. The number of nitrogens with one attached hydrogen (secondary N) is 1. The maximum absolute atomic E-state index is 11.9. The minimum absolute atomic E-state index is 0.0784. The summed E-state index contributed by atoms with van der Waals surface area (Å²) < 4.78 is 0.190. The maximum Gasteiger partial charge on any atom is 0.285 e. The zero-order valence-corrected chi connectivity index (χ0v) is 12.1. The number of benzene rings is 1. The van der Waals surface area contributed by atoms with Gasteiger partial charge in [-0.1, -0.05) is 29.5 Å². The fraction of sp³-hybridized carbons (Fsp3) is 0.167. The minimum atomic E-state index is -0.391. The number of nitrogens with zero attached hydrogens (tertiary/aromatic N) is 3. The number of likely N-dealkylation sites (N-methyl/N-ethyl adjacent to an activating group) is 1. The second-order valence-electron chi connectivity index (χ2n) is 3.94. The normalized spacial score (nSPS) is 10.1. The van der Waals surface area contributed by atoms with E-state index in [0.717, 1.165) is 11.3 Å².